The summed E-state index contributed by atoms with van der Waals surface area (Å²) in [5, 5.41) is 7.91. The lowest BCUT2D eigenvalue weighted by molar-refractivity contribution is -0.108. The molecule has 0 atom stereocenters. The molecule has 1 aliphatic rings. The second-order valence-electron chi connectivity index (χ2n) is 7.57. The minimum Gasteiger partial charge on any atom is -0.332 e. The summed E-state index contributed by atoms with van der Waals surface area (Å²) in [6, 6.07) is 5.20. The summed E-state index contributed by atoms with van der Waals surface area (Å²) in [4.78, 5) is 17.1. The molecule has 1 aliphatic carbocycles. The third-order valence-corrected chi connectivity index (χ3v) is 4.85. The quantitative estimate of drug-likeness (QED) is 0.520. The predicted molar refractivity (Wildman–Crippen MR) is 108 cm³/mol. The molecule has 4 rings (SSSR count). The topological polar surface area (TPSA) is 77.1 Å². The molecule has 7 nitrogen and oxygen atoms in total. The van der Waals surface area contributed by atoms with E-state index in [0.717, 1.165) is 10.7 Å². The summed E-state index contributed by atoms with van der Waals surface area (Å²) in [5.41, 5.74) is -0.299. The van der Waals surface area contributed by atoms with Gasteiger partial charge in [0.05, 0.1) is 12.0 Å². The molecule has 2 aromatic heterocycles. The van der Waals surface area contributed by atoms with Gasteiger partial charge in [-0.3, -0.25) is 4.68 Å². The van der Waals surface area contributed by atoms with Gasteiger partial charge in [0.25, 0.3) is 12.3 Å². The first-order chi connectivity index (χ1) is 14.7. The van der Waals surface area contributed by atoms with Crippen molar-refractivity contribution in [3.63, 3.8) is 0 Å². The number of hydrogen-bond acceptors (Lipinski definition) is 6. The standard InChI is InChI=1S/C17H12ClF3N4O2.C3H9N/c18-11-7-9(19)1-2-10(11)17(3-4-17)16-22-15(27-24-16)13-8-12(14(20)21)23-25(13)5-6-26;1-4(2)3/h1-2,6-8,14H,3-5H2;1-3H3. The smallest absolute Gasteiger partial charge is 0.282 e. The largest absolute Gasteiger partial charge is 0.332 e. The van der Waals surface area contributed by atoms with Crippen LogP contribution in [-0.4, -0.2) is 52.3 Å². The molecule has 0 saturated heterocycles. The number of halogens is 4. The van der Waals surface area contributed by atoms with Crippen molar-refractivity contribution in [1.82, 2.24) is 24.8 Å². The average molecular weight is 456 g/mol. The molecule has 11 heteroatoms. The van der Waals surface area contributed by atoms with Gasteiger partial charge in [0.1, 0.15) is 23.5 Å². The molecule has 31 heavy (non-hydrogen) atoms. The van der Waals surface area contributed by atoms with Crippen molar-refractivity contribution in [3.8, 4) is 11.6 Å². The zero-order valence-corrected chi connectivity index (χ0v) is 17.9. The van der Waals surface area contributed by atoms with E-state index >= 15 is 0 Å². The molecule has 3 aromatic rings. The first-order valence-electron chi connectivity index (χ1n) is 9.38. The van der Waals surface area contributed by atoms with Crippen LogP contribution in [0.5, 0.6) is 0 Å². The summed E-state index contributed by atoms with van der Waals surface area (Å²) >= 11 is 6.17. The summed E-state index contributed by atoms with van der Waals surface area (Å²) in [7, 11) is 6.00. The molecule has 0 N–H and O–H groups in total. The maximum absolute atomic E-state index is 13.3. The van der Waals surface area contributed by atoms with Crippen LogP contribution in [0.25, 0.3) is 11.6 Å². The Balaban J connectivity index is 0.000000628. The molecule has 166 valence electrons. The molecule has 0 spiro atoms. The van der Waals surface area contributed by atoms with E-state index in [9.17, 15) is 18.0 Å². The maximum atomic E-state index is 13.3. The van der Waals surface area contributed by atoms with E-state index < -0.39 is 23.4 Å². The minimum absolute atomic E-state index is 0.0317. The summed E-state index contributed by atoms with van der Waals surface area (Å²) in [6.45, 7) is -0.227. The van der Waals surface area contributed by atoms with E-state index in [0.29, 0.717) is 30.5 Å². The van der Waals surface area contributed by atoms with Gasteiger partial charge in [-0.2, -0.15) is 10.1 Å². The molecule has 1 saturated carbocycles. The second-order valence-corrected chi connectivity index (χ2v) is 7.98. The van der Waals surface area contributed by atoms with E-state index in [1.807, 2.05) is 26.0 Å². The first-order valence-corrected chi connectivity index (χ1v) is 9.76. The van der Waals surface area contributed by atoms with Crippen molar-refractivity contribution in [3.05, 3.63) is 52.2 Å². The SMILES string of the molecule is CN(C)C.O=CCn1nc(C(F)F)cc1-c1nc(C2(c3ccc(F)cc3Cl)CC2)no1. The Hall–Kier alpha value is -2.72. The van der Waals surface area contributed by atoms with Gasteiger partial charge >= 0.3 is 0 Å². The second kappa shape index (κ2) is 9.19. The molecule has 1 aromatic carbocycles. The van der Waals surface area contributed by atoms with E-state index in [4.69, 9.17) is 16.1 Å². The fourth-order valence-electron chi connectivity index (χ4n) is 3.06. The van der Waals surface area contributed by atoms with Gasteiger partial charge in [0, 0.05) is 5.02 Å². The molecule has 0 bridgehead atoms. The minimum atomic E-state index is -2.80. The van der Waals surface area contributed by atoms with Gasteiger partial charge in [-0.05, 0) is 57.7 Å². The Morgan fingerprint density at radius 1 is 1.29 bits per heavy atom. The molecule has 0 amide bonds. The highest BCUT2D eigenvalue weighted by molar-refractivity contribution is 6.31. The maximum Gasteiger partial charge on any atom is 0.282 e. The number of carbonyl (C=O) groups is 1. The number of hydrogen-bond donors (Lipinski definition) is 0. The van der Waals surface area contributed by atoms with Gasteiger partial charge < -0.3 is 14.2 Å². The molecular weight excluding hydrogens is 435 g/mol. The highest BCUT2D eigenvalue weighted by Crippen LogP contribution is 2.54. The molecule has 2 heterocycles. The van der Waals surface area contributed by atoms with Crippen molar-refractivity contribution >= 4 is 17.9 Å². The zero-order chi connectivity index (χ0) is 22.8. The molecule has 0 aliphatic heterocycles. The van der Waals surface area contributed by atoms with Gasteiger partial charge in [-0.1, -0.05) is 22.8 Å². The molecule has 0 unspecified atom stereocenters. The first kappa shape index (κ1) is 23.0. The van der Waals surface area contributed by atoms with Crippen LogP contribution in [0.1, 0.15) is 36.3 Å². The highest BCUT2D eigenvalue weighted by Gasteiger charge is 2.51. The number of benzene rings is 1. The summed E-state index contributed by atoms with van der Waals surface area (Å²) in [5.74, 6) is -0.162. The van der Waals surface area contributed by atoms with Gasteiger partial charge in [-0.25, -0.2) is 13.2 Å². The average Bonchev–Trinajstić information content (AvgIpc) is 3.12. The number of aromatic nitrogens is 4. The summed E-state index contributed by atoms with van der Waals surface area (Å²) in [6.07, 6.45) is -0.892. The van der Waals surface area contributed by atoms with Crippen molar-refractivity contribution in [1.29, 1.82) is 0 Å². The van der Waals surface area contributed by atoms with Gasteiger partial charge in [-0.15, -0.1) is 0 Å². The Morgan fingerprint density at radius 2 is 1.97 bits per heavy atom. The van der Waals surface area contributed by atoms with Crippen LogP contribution >= 0.6 is 11.6 Å². The van der Waals surface area contributed by atoms with Crippen molar-refractivity contribution in [2.24, 2.45) is 0 Å². The van der Waals surface area contributed by atoms with E-state index in [2.05, 4.69) is 15.2 Å². The number of aldehydes is 1. The number of carbonyl (C=O) groups excluding carboxylic acids is 1. The lowest BCUT2D eigenvalue weighted by Crippen LogP contribution is -2.12. The zero-order valence-electron chi connectivity index (χ0n) is 17.1. The Bertz CT molecular complexity index is 1060. The van der Waals surface area contributed by atoms with Crippen molar-refractivity contribution < 1.29 is 22.5 Å². The van der Waals surface area contributed by atoms with Crippen LogP contribution in [0.3, 0.4) is 0 Å². The van der Waals surface area contributed by atoms with Gasteiger partial charge in [0.15, 0.2) is 5.82 Å². The lowest BCUT2D eigenvalue weighted by atomic mass is 9.95. The van der Waals surface area contributed by atoms with Crippen molar-refractivity contribution in [2.75, 3.05) is 21.1 Å². The Labute approximate surface area is 181 Å². The van der Waals surface area contributed by atoms with E-state index in [-0.39, 0.29) is 23.2 Å². The Morgan fingerprint density at radius 3 is 2.52 bits per heavy atom. The third kappa shape index (κ3) is 4.96. The highest BCUT2D eigenvalue weighted by atomic mass is 35.5. The number of nitrogens with zero attached hydrogens (tertiary/aromatic N) is 5. The fraction of sp³-hybridized carbons (Fsp3) is 0.400. The third-order valence-electron chi connectivity index (χ3n) is 4.54. The number of alkyl halides is 2. The lowest BCUT2D eigenvalue weighted by Gasteiger charge is -2.12. The summed E-state index contributed by atoms with van der Waals surface area (Å²) < 4.78 is 45.5. The monoisotopic (exact) mass is 455 g/mol. The number of rotatable bonds is 6. The normalized spacial score (nSPS) is 14.5. The van der Waals surface area contributed by atoms with Crippen LogP contribution in [0.15, 0.2) is 28.8 Å². The fourth-order valence-corrected chi connectivity index (χ4v) is 3.41. The van der Waals surface area contributed by atoms with Crippen LogP contribution in [0.2, 0.25) is 5.02 Å². The molecule has 0 radical (unpaired) electrons. The van der Waals surface area contributed by atoms with E-state index in [1.54, 1.807) is 6.07 Å². The van der Waals surface area contributed by atoms with Crippen LogP contribution < -0.4 is 0 Å². The molecule has 1 fully saturated rings. The van der Waals surface area contributed by atoms with Crippen molar-refractivity contribution in [2.45, 2.75) is 31.2 Å². The molecular formula is C20H21ClF3N5O2. The predicted octanol–water partition coefficient (Wildman–Crippen LogP) is 4.12. The van der Waals surface area contributed by atoms with Gasteiger partial charge in [0.2, 0.25) is 0 Å². The Kier molecular flexibility index (Phi) is 6.80. The van der Waals surface area contributed by atoms with E-state index in [1.165, 1.54) is 12.1 Å². The van der Waals surface area contributed by atoms with Crippen LogP contribution in [0.4, 0.5) is 13.2 Å². The van der Waals surface area contributed by atoms with Crippen LogP contribution in [0, 0.1) is 5.82 Å². The van der Waals surface area contributed by atoms with Crippen LogP contribution in [-0.2, 0) is 16.8 Å².